The zero-order chi connectivity index (χ0) is 12.6. The number of aromatic nitrogens is 1. The van der Waals surface area contributed by atoms with Gasteiger partial charge in [0.1, 0.15) is 0 Å². The molecule has 0 aromatic carbocycles. The van der Waals surface area contributed by atoms with Crippen molar-refractivity contribution < 1.29 is 9.53 Å². The molecule has 0 N–H and O–H groups in total. The topological polar surface area (TPSA) is 39.2 Å². The predicted molar refractivity (Wildman–Crippen MR) is 70.6 cm³/mol. The Kier molecular flexibility index (Phi) is 5.34. The predicted octanol–water partition coefficient (Wildman–Crippen LogP) is 3.25. The van der Waals surface area contributed by atoms with Crippen LogP contribution < -0.4 is 0 Å². The fourth-order valence-electron chi connectivity index (χ4n) is 2.43. The monoisotopic (exact) mass is 247 g/mol. The highest BCUT2D eigenvalue weighted by Gasteiger charge is 2.13. The highest BCUT2D eigenvalue weighted by atomic mass is 16.5. The summed E-state index contributed by atoms with van der Waals surface area (Å²) in [6.07, 6.45) is 9.76. The second-order valence-electron chi connectivity index (χ2n) is 4.97. The molecule has 98 valence electrons. The second-order valence-corrected chi connectivity index (χ2v) is 4.97. The van der Waals surface area contributed by atoms with Crippen LogP contribution in [-0.4, -0.2) is 24.0 Å². The molecule has 18 heavy (non-hydrogen) atoms. The van der Waals surface area contributed by atoms with Gasteiger partial charge in [-0.1, -0.05) is 12.8 Å². The maximum atomic E-state index is 11.8. The standard InChI is InChI=1S/C15H21NO2/c17-15(14-5-3-9-16-12-14)6-2-1-4-13-7-10-18-11-8-13/h3,5,9,12-13H,1-2,4,6-8,10-11H2. The minimum atomic E-state index is 0.218. The van der Waals surface area contributed by atoms with Crippen LogP contribution in [-0.2, 0) is 4.74 Å². The number of ether oxygens (including phenoxy) is 1. The van der Waals surface area contributed by atoms with E-state index in [-0.39, 0.29) is 5.78 Å². The third-order valence-corrected chi connectivity index (χ3v) is 3.59. The maximum absolute atomic E-state index is 11.8. The average molecular weight is 247 g/mol. The number of hydrogen-bond donors (Lipinski definition) is 0. The van der Waals surface area contributed by atoms with Crippen LogP contribution in [0, 0.1) is 5.92 Å². The fourth-order valence-corrected chi connectivity index (χ4v) is 2.43. The van der Waals surface area contributed by atoms with E-state index in [1.165, 1.54) is 19.3 Å². The van der Waals surface area contributed by atoms with Crippen molar-refractivity contribution in [3.05, 3.63) is 30.1 Å². The number of hydrogen-bond acceptors (Lipinski definition) is 3. The molecule has 2 rings (SSSR count). The van der Waals surface area contributed by atoms with Gasteiger partial charge in [-0.15, -0.1) is 0 Å². The third kappa shape index (κ3) is 4.22. The van der Waals surface area contributed by atoms with Gasteiger partial charge < -0.3 is 4.74 Å². The number of ketones is 1. The lowest BCUT2D eigenvalue weighted by Crippen LogP contribution is -2.15. The van der Waals surface area contributed by atoms with Crippen LogP contribution in [0.4, 0.5) is 0 Å². The molecule has 1 aromatic heterocycles. The number of unbranched alkanes of at least 4 members (excludes halogenated alkanes) is 1. The number of carbonyl (C=O) groups is 1. The summed E-state index contributed by atoms with van der Waals surface area (Å²) in [4.78, 5) is 15.8. The van der Waals surface area contributed by atoms with Gasteiger partial charge in [0.25, 0.3) is 0 Å². The average Bonchev–Trinajstić information content (AvgIpc) is 2.45. The molecular formula is C15H21NO2. The van der Waals surface area contributed by atoms with E-state index in [0.717, 1.165) is 37.5 Å². The van der Waals surface area contributed by atoms with Crippen LogP contribution in [0.25, 0.3) is 0 Å². The molecule has 3 heteroatoms. The first-order valence-electron chi connectivity index (χ1n) is 6.87. The minimum absolute atomic E-state index is 0.218. The summed E-state index contributed by atoms with van der Waals surface area (Å²) < 4.78 is 5.34. The van der Waals surface area contributed by atoms with E-state index in [9.17, 15) is 4.79 Å². The number of carbonyl (C=O) groups excluding carboxylic acids is 1. The van der Waals surface area contributed by atoms with Crippen molar-refractivity contribution in [1.29, 1.82) is 0 Å². The zero-order valence-corrected chi connectivity index (χ0v) is 10.8. The molecule has 0 saturated carbocycles. The Hall–Kier alpha value is -1.22. The van der Waals surface area contributed by atoms with E-state index in [1.54, 1.807) is 12.4 Å². The number of rotatable bonds is 6. The SMILES string of the molecule is O=C(CCCCC1CCOCC1)c1cccnc1. The van der Waals surface area contributed by atoms with Gasteiger partial charge in [0.15, 0.2) is 5.78 Å². The summed E-state index contributed by atoms with van der Waals surface area (Å²) >= 11 is 0. The Morgan fingerprint density at radius 1 is 1.33 bits per heavy atom. The van der Waals surface area contributed by atoms with Gasteiger partial charge in [0, 0.05) is 37.6 Å². The first-order valence-corrected chi connectivity index (χ1v) is 6.87. The quantitative estimate of drug-likeness (QED) is 0.572. The normalized spacial score (nSPS) is 16.7. The Bertz CT molecular complexity index is 358. The molecule has 1 aliphatic heterocycles. The minimum Gasteiger partial charge on any atom is -0.381 e. The first kappa shape index (κ1) is 13.2. The van der Waals surface area contributed by atoms with Crippen molar-refractivity contribution in [2.24, 2.45) is 5.92 Å². The van der Waals surface area contributed by atoms with Crippen LogP contribution in [0.15, 0.2) is 24.5 Å². The molecule has 0 radical (unpaired) electrons. The van der Waals surface area contributed by atoms with E-state index in [0.29, 0.717) is 6.42 Å². The van der Waals surface area contributed by atoms with Crippen LogP contribution in [0.1, 0.15) is 48.9 Å². The summed E-state index contributed by atoms with van der Waals surface area (Å²) in [5.41, 5.74) is 0.739. The number of pyridine rings is 1. The maximum Gasteiger partial charge on any atom is 0.164 e. The molecule has 0 spiro atoms. The zero-order valence-electron chi connectivity index (χ0n) is 10.8. The highest BCUT2D eigenvalue weighted by molar-refractivity contribution is 5.95. The van der Waals surface area contributed by atoms with Crippen LogP contribution in [0.3, 0.4) is 0 Å². The van der Waals surface area contributed by atoms with Gasteiger partial charge in [-0.3, -0.25) is 9.78 Å². The lowest BCUT2D eigenvalue weighted by Gasteiger charge is -2.21. The van der Waals surface area contributed by atoms with Gasteiger partial charge in [0.2, 0.25) is 0 Å². The smallest absolute Gasteiger partial charge is 0.164 e. The molecule has 0 atom stereocenters. The van der Waals surface area contributed by atoms with Crippen molar-refractivity contribution in [3.8, 4) is 0 Å². The van der Waals surface area contributed by atoms with Crippen LogP contribution in [0.5, 0.6) is 0 Å². The van der Waals surface area contributed by atoms with Gasteiger partial charge in [0.05, 0.1) is 0 Å². The Balaban J connectivity index is 1.62. The number of nitrogens with zero attached hydrogens (tertiary/aromatic N) is 1. The van der Waals surface area contributed by atoms with Crippen molar-refractivity contribution in [3.63, 3.8) is 0 Å². The Morgan fingerprint density at radius 2 is 2.17 bits per heavy atom. The van der Waals surface area contributed by atoms with Gasteiger partial charge in [-0.2, -0.15) is 0 Å². The van der Waals surface area contributed by atoms with Gasteiger partial charge in [-0.05, 0) is 37.3 Å². The molecule has 1 fully saturated rings. The van der Waals surface area contributed by atoms with Crippen LogP contribution in [0.2, 0.25) is 0 Å². The van der Waals surface area contributed by atoms with E-state index in [1.807, 2.05) is 12.1 Å². The molecular weight excluding hydrogens is 226 g/mol. The molecule has 2 heterocycles. The van der Waals surface area contributed by atoms with Crippen molar-refractivity contribution in [2.45, 2.75) is 38.5 Å². The molecule has 3 nitrogen and oxygen atoms in total. The lowest BCUT2D eigenvalue weighted by atomic mass is 9.93. The summed E-state index contributed by atoms with van der Waals surface area (Å²) in [6.45, 7) is 1.83. The summed E-state index contributed by atoms with van der Waals surface area (Å²) in [5, 5.41) is 0. The van der Waals surface area contributed by atoms with Gasteiger partial charge >= 0.3 is 0 Å². The molecule has 0 amide bonds. The molecule has 0 bridgehead atoms. The molecule has 1 aliphatic rings. The van der Waals surface area contributed by atoms with Crippen molar-refractivity contribution >= 4 is 5.78 Å². The lowest BCUT2D eigenvalue weighted by molar-refractivity contribution is 0.0630. The molecule has 0 aliphatic carbocycles. The molecule has 1 saturated heterocycles. The summed E-state index contributed by atoms with van der Waals surface area (Å²) in [6, 6.07) is 3.66. The summed E-state index contributed by atoms with van der Waals surface area (Å²) in [5.74, 6) is 1.03. The third-order valence-electron chi connectivity index (χ3n) is 3.59. The molecule has 0 unspecified atom stereocenters. The fraction of sp³-hybridized carbons (Fsp3) is 0.600. The van der Waals surface area contributed by atoms with Crippen molar-refractivity contribution in [1.82, 2.24) is 4.98 Å². The first-order chi connectivity index (χ1) is 8.86. The highest BCUT2D eigenvalue weighted by Crippen LogP contribution is 2.21. The van der Waals surface area contributed by atoms with Crippen molar-refractivity contribution in [2.75, 3.05) is 13.2 Å². The largest absolute Gasteiger partial charge is 0.381 e. The Labute approximate surface area is 109 Å². The number of Topliss-reactive ketones (excluding diaryl/α,β-unsaturated/α-hetero) is 1. The van der Waals surface area contributed by atoms with E-state index < -0.39 is 0 Å². The van der Waals surface area contributed by atoms with E-state index in [4.69, 9.17) is 4.74 Å². The van der Waals surface area contributed by atoms with E-state index >= 15 is 0 Å². The van der Waals surface area contributed by atoms with E-state index in [2.05, 4.69) is 4.98 Å². The molecule has 1 aromatic rings. The Morgan fingerprint density at radius 3 is 2.89 bits per heavy atom. The second kappa shape index (κ2) is 7.27. The van der Waals surface area contributed by atoms with Gasteiger partial charge in [-0.25, -0.2) is 0 Å². The summed E-state index contributed by atoms with van der Waals surface area (Å²) in [7, 11) is 0. The van der Waals surface area contributed by atoms with Crippen LogP contribution >= 0.6 is 0 Å².